The van der Waals surface area contributed by atoms with Crippen LogP contribution in [0.5, 0.6) is 11.5 Å². The van der Waals surface area contributed by atoms with Gasteiger partial charge in [0.1, 0.15) is 17.3 Å². The van der Waals surface area contributed by atoms with Gasteiger partial charge in [-0.2, -0.15) is 0 Å². The van der Waals surface area contributed by atoms with Crippen molar-refractivity contribution >= 4 is 28.5 Å². The first kappa shape index (κ1) is 26.6. The maximum absolute atomic E-state index is 12.2. The highest BCUT2D eigenvalue weighted by atomic mass is 35.5. The van der Waals surface area contributed by atoms with Crippen LogP contribution in [0, 0.1) is 0 Å². The number of fused-ring (bicyclic) bond motifs is 1. The van der Waals surface area contributed by atoms with E-state index in [-0.39, 0.29) is 5.91 Å². The summed E-state index contributed by atoms with van der Waals surface area (Å²) in [5, 5.41) is 3.62. The maximum Gasteiger partial charge on any atom is 0.251 e. The number of para-hydroxylation sites is 2. The molecule has 194 valence electrons. The van der Waals surface area contributed by atoms with E-state index in [9.17, 15) is 4.79 Å². The molecule has 1 amide bonds. The zero-order chi connectivity index (χ0) is 25.9. The monoisotopic (exact) mass is 519 g/mol. The van der Waals surface area contributed by atoms with E-state index in [0.29, 0.717) is 23.7 Å². The van der Waals surface area contributed by atoms with Crippen molar-refractivity contribution < 1.29 is 14.3 Å². The number of aromatic nitrogens is 2. The van der Waals surface area contributed by atoms with Gasteiger partial charge in [0, 0.05) is 30.1 Å². The predicted octanol–water partition coefficient (Wildman–Crippen LogP) is 6.70. The average molecular weight is 520 g/mol. The Bertz CT molecular complexity index is 1270. The van der Waals surface area contributed by atoms with Crippen molar-refractivity contribution in [2.75, 3.05) is 20.3 Å². The molecule has 6 nitrogen and oxygen atoms in total. The summed E-state index contributed by atoms with van der Waals surface area (Å²) in [5.74, 6) is 2.75. The van der Waals surface area contributed by atoms with Crippen molar-refractivity contribution in [3.05, 3.63) is 89.2 Å². The van der Waals surface area contributed by atoms with Crippen molar-refractivity contribution in [2.24, 2.45) is 0 Å². The highest BCUT2D eigenvalue weighted by Crippen LogP contribution is 2.20. The van der Waals surface area contributed by atoms with E-state index >= 15 is 0 Å². The normalized spacial score (nSPS) is 11.0. The van der Waals surface area contributed by atoms with Gasteiger partial charge in [-0.25, -0.2) is 4.98 Å². The summed E-state index contributed by atoms with van der Waals surface area (Å²) in [7, 11) is 1.66. The fourth-order valence-corrected chi connectivity index (χ4v) is 4.42. The lowest BCUT2D eigenvalue weighted by molar-refractivity contribution is 0.0953. The van der Waals surface area contributed by atoms with Gasteiger partial charge in [0.2, 0.25) is 0 Å². The number of nitrogens with one attached hydrogen (secondary N) is 1. The topological polar surface area (TPSA) is 65.4 Å². The number of hydrogen-bond donors (Lipinski definition) is 1. The van der Waals surface area contributed by atoms with Crippen molar-refractivity contribution in [2.45, 2.75) is 45.1 Å². The quantitative estimate of drug-likeness (QED) is 0.188. The molecule has 3 aromatic carbocycles. The Kier molecular flexibility index (Phi) is 9.83. The Hall–Kier alpha value is -3.51. The molecule has 0 aliphatic carbocycles. The number of hydrogen-bond acceptors (Lipinski definition) is 4. The lowest BCUT2D eigenvalue weighted by Gasteiger charge is -2.11. The van der Waals surface area contributed by atoms with Crippen molar-refractivity contribution in [1.29, 1.82) is 0 Å². The second-order valence-corrected chi connectivity index (χ2v) is 9.41. The lowest BCUT2D eigenvalue weighted by Crippen LogP contribution is -2.24. The molecule has 1 heterocycles. The fourth-order valence-electron chi connectivity index (χ4n) is 4.29. The van der Waals surface area contributed by atoms with Crippen LogP contribution in [0.4, 0.5) is 0 Å². The van der Waals surface area contributed by atoms with Gasteiger partial charge in [0.15, 0.2) is 0 Å². The minimum Gasteiger partial charge on any atom is -0.497 e. The number of carbonyl (C=O) groups excluding carboxylic acids is 1. The second-order valence-electron chi connectivity index (χ2n) is 8.97. The number of aryl methyl sites for hydroxylation is 2. The van der Waals surface area contributed by atoms with E-state index in [1.54, 1.807) is 31.4 Å². The molecule has 7 heteroatoms. The first-order valence-electron chi connectivity index (χ1n) is 12.9. The van der Waals surface area contributed by atoms with Crippen LogP contribution in [0.15, 0.2) is 72.8 Å². The molecule has 1 N–H and O–H groups in total. The highest BCUT2D eigenvalue weighted by molar-refractivity contribution is 6.30. The molecule has 0 bridgehead atoms. The van der Waals surface area contributed by atoms with Crippen molar-refractivity contribution in [3.8, 4) is 11.5 Å². The van der Waals surface area contributed by atoms with Crippen LogP contribution >= 0.6 is 11.6 Å². The van der Waals surface area contributed by atoms with Gasteiger partial charge in [-0.1, -0.05) is 30.2 Å². The third-order valence-corrected chi connectivity index (χ3v) is 6.56. The number of nitrogens with zero attached hydrogens (tertiary/aromatic N) is 2. The standard InChI is InChI=1S/C30H34ClN3O3/c1-36-25-16-18-26(19-17-25)37-22-8-7-21-34-28-10-5-4-9-27(28)33-29(34)11-3-2-6-20-32-30(35)23-12-14-24(31)15-13-23/h4-5,9-10,12-19H,2-3,6-8,11,20-22H2,1H3,(H,32,35). The molecule has 0 aliphatic rings. The molecule has 0 spiro atoms. The summed E-state index contributed by atoms with van der Waals surface area (Å²) in [6.45, 7) is 2.25. The molecule has 37 heavy (non-hydrogen) atoms. The molecule has 0 aliphatic heterocycles. The average Bonchev–Trinajstić information content (AvgIpc) is 3.28. The minimum absolute atomic E-state index is 0.0607. The van der Waals surface area contributed by atoms with Crippen LogP contribution in [-0.4, -0.2) is 35.7 Å². The second kappa shape index (κ2) is 13.7. The third-order valence-electron chi connectivity index (χ3n) is 6.31. The molecule has 4 aromatic rings. The number of benzene rings is 3. The number of carbonyl (C=O) groups is 1. The lowest BCUT2D eigenvalue weighted by atomic mass is 10.1. The van der Waals surface area contributed by atoms with Crippen molar-refractivity contribution in [3.63, 3.8) is 0 Å². The van der Waals surface area contributed by atoms with Crippen LogP contribution in [0.3, 0.4) is 0 Å². The molecular formula is C30H34ClN3O3. The zero-order valence-electron chi connectivity index (χ0n) is 21.3. The van der Waals surface area contributed by atoms with E-state index in [1.165, 1.54) is 5.52 Å². The number of unbranched alkanes of at least 4 members (excludes halogenated alkanes) is 3. The molecule has 0 unspecified atom stereocenters. The molecule has 1 aromatic heterocycles. The number of methoxy groups -OCH3 is 1. The van der Waals surface area contributed by atoms with Crippen LogP contribution in [0.1, 0.15) is 48.3 Å². The van der Waals surface area contributed by atoms with E-state index in [4.69, 9.17) is 26.1 Å². The first-order chi connectivity index (χ1) is 18.1. The fraction of sp³-hybridized carbons (Fsp3) is 0.333. The summed E-state index contributed by atoms with van der Waals surface area (Å²) in [5.41, 5.74) is 2.86. The van der Waals surface area contributed by atoms with Crippen molar-refractivity contribution in [1.82, 2.24) is 14.9 Å². The SMILES string of the molecule is COc1ccc(OCCCCn2c(CCCCCNC(=O)c3ccc(Cl)cc3)nc3ccccc32)cc1. The van der Waals surface area contributed by atoms with Crippen LogP contribution in [0.2, 0.25) is 5.02 Å². The highest BCUT2D eigenvalue weighted by Gasteiger charge is 2.10. The van der Waals surface area contributed by atoms with Gasteiger partial charge in [-0.15, -0.1) is 0 Å². The number of rotatable bonds is 14. The Balaban J connectivity index is 1.20. The van der Waals surface area contributed by atoms with Gasteiger partial charge in [-0.05, 0) is 86.3 Å². The Morgan fingerprint density at radius 3 is 2.43 bits per heavy atom. The number of ether oxygens (including phenoxy) is 2. The summed E-state index contributed by atoms with van der Waals surface area (Å²) in [6.07, 6.45) is 5.89. The summed E-state index contributed by atoms with van der Waals surface area (Å²) in [6, 6.07) is 23.0. The summed E-state index contributed by atoms with van der Waals surface area (Å²) >= 11 is 5.89. The van der Waals surface area contributed by atoms with Gasteiger partial charge < -0.3 is 19.4 Å². The van der Waals surface area contributed by atoms with Gasteiger partial charge in [-0.3, -0.25) is 4.79 Å². The van der Waals surface area contributed by atoms with E-state index < -0.39 is 0 Å². The van der Waals surface area contributed by atoms with E-state index in [2.05, 4.69) is 28.1 Å². The Labute approximate surface area is 223 Å². The predicted molar refractivity (Wildman–Crippen MR) is 149 cm³/mol. The van der Waals surface area contributed by atoms with Gasteiger partial charge >= 0.3 is 0 Å². The largest absolute Gasteiger partial charge is 0.497 e. The van der Waals surface area contributed by atoms with Crippen LogP contribution in [-0.2, 0) is 13.0 Å². The molecule has 0 fully saturated rings. The maximum atomic E-state index is 12.2. The van der Waals surface area contributed by atoms with Crippen LogP contribution < -0.4 is 14.8 Å². The van der Waals surface area contributed by atoms with E-state index in [1.807, 2.05) is 30.3 Å². The first-order valence-corrected chi connectivity index (χ1v) is 13.3. The zero-order valence-corrected chi connectivity index (χ0v) is 22.0. The molecule has 0 radical (unpaired) electrons. The number of amides is 1. The smallest absolute Gasteiger partial charge is 0.251 e. The van der Waals surface area contributed by atoms with Gasteiger partial charge in [0.05, 0.1) is 24.8 Å². The van der Waals surface area contributed by atoms with E-state index in [0.717, 1.165) is 67.9 Å². The molecule has 0 saturated carbocycles. The molecular weight excluding hydrogens is 486 g/mol. The van der Waals surface area contributed by atoms with Crippen LogP contribution in [0.25, 0.3) is 11.0 Å². The molecule has 4 rings (SSSR count). The van der Waals surface area contributed by atoms with Gasteiger partial charge in [0.25, 0.3) is 5.91 Å². The summed E-state index contributed by atoms with van der Waals surface area (Å²) < 4.78 is 13.4. The molecule has 0 saturated heterocycles. The number of halogens is 1. The molecule has 0 atom stereocenters. The Morgan fingerprint density at radius 1 is 0.892 bits per heavy atom. The Morgan fingerprint density at radius 2 is 1.65 bits per heavy atom. The summed E-state index contributed by atoms with van der Waals surface area (Å²) in [4.78, 5) is 17.1. The minimum atomic E-state index is -0.0607. The number of imidazole rings is 1. The third kappa shape index (κ3) is 7.73.